The van der Waals surface area contributed by atoms with E-state index in [0.717, 1.165) is 24.1 Å². The molecule has 1 aromatic heterocycles. The van der Waals surface area contributed by atoms with Gasteiger partial charge in [-0.15, -0.1) is 11.3 Å². The zero-order valence-electron chi connectivity index (χ0n) is 14.3. The van der Waals surface area contributed by atoms with E-state index in [9.17, 15) is 13.2 Å². The maximum atomic E-state index is 12.7. The molecule has 1 aromatic carbocycles. The number of fused-ring (bicyclic) bond motifs is 1. The lowest BCUT2D eigenvalue weighted by Crippen LogP contribution is -2.38. The molecule has 3 rings (SSSR count). The van der Waals surface area contributed by atoms with Crippen LogP contribution in [-0.4, -0.2) is 20.4 Å². The van der Waals surface area contributed by atoms with Crippen molar-refractivity contribution in [3.05, 3.63) is 52.4 Å². The Morgan fingerprint density at radius 1 is 1.20 bits per heavy atom. The predicted octanol–water partition coefficient (Wildman–Crippen LogP) is 2.78. The number of hydrogen-bond donors (Lipinski definition) is 2. The van der Waals surface area contributed by atoms with Crippen LogP contribution in [0.15, 0.2) is 40.6 Å². The number of nitrogens with one attached hydrogen (secondary N) is 2. The lowest BCUT2D eigenvalue weighted by molar-refractivity contribution is -0.119. The average molecular weight is 379 g/mol. The van der Waals surface area contributed by atoms with Gasteiger partial charge in [-0.1, -0.05) is 24.3 Å². The highest BCUT2D eigenvalue weighted by molar-refractivity contribution is 7.91. The molecular formula is C18H22N2O3S2. The van der Waals surface area contributed by atoms with Crippen LogP contribution in [0.3, 0.4) is 0 Å². The van der Waals surface area contributed by atoms with Crippen LogP contribution in [0.5, 0.6) is 0 Å². The second-order valence-electron chi connectivity index (χ2n) is 6.41. The van der Waals surface area contributed by atoms with Gasteiger partial charge in [0, 0.05) is 17.8 Å². The lowest BCUT2D eigenvalue weighted by Gasteiger charge is -2.25. The number of rotatable bonds is 5. The third-order valence-electron chi connectivity index (χ3n) is 4.38. The number of amides is 1. The van der Waals surface area contributed by atoms with Crippen molar-refractivity contribution < 1.29 is 13.2 Å². The van der Waals surface area contributed by atoms with E-state index < -0.39 is 10.0 Å². The minimum Gasteiger partial charge on any atom is -0.349 e. The number of hydrogen-bond acceptors (Lipinski definition) is 4. The quantitative estimate of drug-likeness (QED) is 0.840. The number of benzene rings is 1. The molecule has 134 valence electrons. The van der Waals surface area contributed by atoms with Crippen molar-refractivity contribution in [1.82, 2.24) is 10.0 Å². The lowest BCUT2D eigenvalue weighted by atomic mass is 9.89. The van der Waals surface area contributed by atoms with Crippen molar-refractivity contribution in [2.45, 2.75) is 49.4 Å². The summed E-state index contributed by atoms with van der Waals surface area (Å²) in [7, 11) is -3.55. The summed E-state index contributed by atoms with van der Waals surface area (Å²) in [5, 5.41) is 2.77. The number of carbonyl (C=O) groups is 1. The van der Waals surface area contributed by atoms with Crippen molar-refractivity contribution in [2.24, 2.45) is 0 Å². The number of aryl methyl sites for hydroxylation is 1. The van der Waals surface area contributed by atoms with E-state index in [0.29, 0.717) is 4.21 Å². The Morgan fingerprint density at radius 3 is 2.64 bits per heavy atom. The van der Waals surface area contributed by atoms with Gasteiger partial charge in [-0.2, -0.15) is 0 Å². The minimum atomic E-state index is -3.55. The molecule has 0 saturated carbocycles. The highest BCUT2D eigenvalue weighted by atomic mass is 32.2. The summed E-state index contributed by atoms with van der Waals surface area (Å²) >= 11 is 1.20. The van der Waals surface area contributed by atoms with Gasteiger partial charge in [-0.25, -0.2) is 13.1 Å². The third-order valence-corrected chi connectivity index (χ3v) is 7.66. The first kappa shape index (κ1) is 18.1. The number of sulfonamides is 1. The van der Waals surface area contributed by atoms with Gasteiger partial charge in [0.2, 0.25) is 15.9 Å². The van der Waals surface area contributed by atoms with Gasteiger partial charge in [0.15, 0.2) is 0 Å². The standard InChI is InChI=1S/C18H22N2O3S2/c1-12(19-13(2)21)17-9-10-18(24-17)25(22,23)20-16-8-7-14-5-3-4-6-15(14)11-16/h3-6,9-10,12,16,20H,7-8,11H2,1-2H3,(H,19,21)/t12-,16+/m0/s1. The molecule has 0 radical (unpaired) electrons. The molecular weight excluding hydrogens is 356 g/mol. The van der Waals surface area contributed by atoms with Gasteiger partial charge in [0.1, 0.15) is 4.21 Å². The fraction of sp³-hybridized carbons (Fsp3) is 0.389. The Bertz CT molecular complexity index is 874. The Labute approximate surface area is 152 Å². The molecule has 2 aromatic rings. The maximum absolute atomic E-state index is 12.7. The highest BCUT2D eigenvalue weighted by Gasteiger charge is 2.25. The summed E-state index contributed by atoms with van der Waals surface area (Å²) in [6.45, 7) is 3.29. The van der Waals surface area contributed by atoms with Crippen LogP contribution in [0.2, 0.25) is 0 Å². The molecule has 2 N–H and O–H groups in total. The maximum Gasteiger partial charge on any atom is 0.250 e. The Morgan fingerprint density at radius 2 is 1.92 bits per heavy atom. The van der Waals surface area contributed by atoms with Crippen LogP contribution in [0, 0.1) is 0 Å². The highest BCUT2D eigenvalue weighted by Crippen LogP contribution is 2.28. The molecule has 5 nitrogen and oxygen atoms in total. The van der Waals surface area contributed by atoms with Gasteiger partial charge < -0.3 is 5.32 Å². The van der Waals surface area contributed by atoms with E-state index >= 15 is 0 Å². The molecule has 0 saturated heterocycles. The monoisotopic (exact) mass is 378 g/mol. The van der Waals surface area contributed by atoms with E-state index in [1.165, 1.54) is 29.4 Å². The summed E-state index contributed by atoms with van der Waals surface area (Å²) in [6, 6.07) is 11.3. The molecule has 0 spiro atoms. The Hall–Kier alpha value is -1.70. The first-order valence-electron chi connectivity index (χ1n) is 8.31. The summed E-state index contributed by atoms with van der Waals surface area (Å²) in [5.74, 6) is -0.135. The zero-order valence-corrected chi connectivity index (χ0v) is 15.9. The van der Waals surface area contributed by atoms with E-state index in [4.69, 9.17) is 0 Å². The third kappa shape index (κ3) is 4.29. The smallest absolute Gasteiger partial charge is 0.250 e. The molecule has 0 bridgehead atoms. The molecule has 25 heavy (non-hydrogen) atoms. The van der Waals surface area contributed by atoms with E-state index in [1.807, 2.05) is 19.1 Å². The molecule has 1 aliphatic carbocycles. The first-order valence-corrected chi connectivity index (χ1v) is 10.6. The Balaban J connectivity index is 1.71. The topological polar surface area (TPSA) is 75.3 Å². The molecule has 2 atom stereocenters. The second-order valence-corrected chi connectivity index (χ2v) is 9.46. The zero-order chi connectivity index (χ0) is 18.0. The molecule has 1 amide bonds. The molecule has 7 heteroatoms. The molecule has 1 aliphatic rings. The van der Waals surface area contributed by atoms with Gasteiger partial charge in [-0.05, 0) is 49.4 Å². The summed E-state index contributed by atoms with van der Waals surface area (Å²) in [4.78, 5) is 12.0. The van der Waals surface area contributed by atoms with Crippen LogP contribution in [-0.2, 0) is 27.7 Å². The SMILES string of the molecule is CC(=O)N[C@@H](C)c1ccc(S(=O)(=O)N[C@@H]2CCc3ccccc3C2)s1. The molecule has 1 heterocycles. The van der Waals surface area contributed by atoms with Crippen LogP contribution in [0.4, 0.5) is 0 Å². The molecule has 0 unspecified atom stereocenters. The largest absolute Gasteiger partial charge is 0.349 e. The number of carbonyl (C=O) groups excluding carboxylic acids is 1. The van der Waals surface area contributed by atoms with Gasteiger partial charge in [-0.3, -0.25) is 4.79 Å². The van der Waals surface area contributed by atoms with Crippen LogP contribution < -0.4 is 10.0 Å². The minimum absolute atomic E-state index is 0.0850. The Kier molecular flexibility index (Phi) is 5.27. The van der Waals surface area contributed by atoms with Crippen molar-refractivity contribution >= 4 is 27.3 Å². The fourth-order valence-electron chi connectivity index (χ4n) is 3.16. The summed E-state index contributed by atoms with van der Waals surface area (Å²) < 4.78 is 28.5. The van der Waals surface area contributed by atoms with Gasteiger partial charge >= 0.3 is 0 Å². The van der Waals surface area contributed by atoms with Crippen LogP contribution in [0.1, 0.15) is 42.3 Å². The second kappa shape index (κ2) is 7.27. The van der Waals surface area contributed by atoms with Crippen molar-refractivity contribution in [2.75, 3.05) is 0 Å². The van der Waals surface area contributed by atoms with Crippen molar-refractivity contribution in [1.29, 1.82) is 0 Å². The van der Waals surface area contributed by atoms with E-state index in [1.54, 1.807) is 12.1 Å². The predicted molar refractivity (Wildman–Crippen MR) is 99.1 cm³/mol. The summed E-state index contributed by atoms with van der Waals surface area (Å²) in [6.07, 6.45) is 2.41. The fourth-order valence-corrected chi connectivity index (χ4v) is 5.78. The molecule has 0 fully saturated rings. The van der Waals surface area contributed by atoms with Crippen LogP contribution in [0.25, 0.3) is 0 Å². The summed E-state index contributed by atoms with van der Waals surface area (Å²) in [5.41, 5.74) is 2.52. The van der Waals surface area contributed by atoms with Crippen molar-refractivity contribution in [3.8, 4) is 0 Å². The van der Waals surface area contributed by atoms with Gasteiger partial charge in [0.05, 0.1) is 6.04 Å². The normalized spacial score (nSPS) is 18.4. The van der Waals surface area contributed by atoms with Crippen LogP contribution >= 0.6 is 11.3 Å². The molecule has 0 aliphatic heterocycles. The van der Waals surface area contributed by atoms with Crippen molar-refractivity contribution in [3.63, 3.8) is 0 Å². The average Bonchev–Trinajstić information content (AvgIpc) is 3.05. The van der Waals surface area contributed by atoms with E-state index in [2.05, 4.69) is 22.2 Å². The van der Waals surface area contributed by atoms with E-state index in [-0.39, 0.29) is 18.0 Å². The first-order chi connectivity index (χ1) is 11.8. The number of thiophene rings is 1. The van der Waals surface area contributed by atoms with Gasteiger partial charge in [0.25, 0.3) is 0 Å².